The number of benzene rings is 1. The number of oxazole rings is 1. The van der Waals surface area contributed by atoms with Crippen LogP contribution in [0.25, 0.3) is 11.1 Å². The van der Waals surface area contributed by atoms with E-state index in [0.717, 1.165) is 15.3 Å². The standard InChI is InChI=1S/C26H30F3I2N4O4/c1-2-16(31-5-6-32-23(38)24-12-25(13-24,14-24)26(27,28)29)18(11-30)34-7-9-35(10-8-34)22(37)20-19(36)4-3-17-21(20)39-15-33-17/h3-4,15,36H,2,5-14H2,1H3,(H,32,38)/q-1/b18-16+. The minimum absolute atomic E-state index is 0.0644. The summed E-state index contributed by atoms with van der Waals surface area (Å²) in [4.78, 5) is 33.9. The number of hydrogen-bond donors (Lipinski definition) is 2. The quantitative estimate of drug-likeness (QED) is 0.227. The van der Waals surface area contributed by atoms with Crippen molar-refractivity contribution in [2.75, 3.05) is 41.6 Å². The second-order valence-corrected chi connectivity index (χ2v) is 14.4. The summed E-state index contributed by atoms with van der Waals surface area (Å²) in [5, 5.41) is 13.2. The van der Waals surface area contributed by atoms with Gasteiger partial charge < -0.3 is 0 Å². The van der Waals surface area contributed by atoms with Crippen LogP contribution in [-0.2, 0) is 4.79 Å². The SMILES string of the molecule is CC/C([I-]CCNC(=O)C12CC(C(F)(F)F)(C1)C2)=C(/CI)N1CCN(C(=O)c2c(O)ccc3ncoc23)CC1. The number of aromatic hydroxyl groups is 1. The second kappa shape index (κ2) is 10.9. The number of allylic oxidation sites excluding steroid dienone is 2. The molecule has 2 aromatic rings. The van der Waals surface area contributed by atoms with E-state index in [1.54, 1.807) is 11.0 Å². The van der Waals surface area contributed by atoms with Crippen molar-refractivity contribution in [3.63, 3.8) is 0 Å². The normalized spacial score (nSPS) is 25.3. The van der Waals surface area contributed by atoms with Crippen molar-refractivity contribution in [1.82, 2.24) is 20.1 Å². The topological polar surface area (TPSA) is 98.9 Å². The van der Waals surface area contributed by atoms with Gasteiger partial charge in [-0.1, -0.05) is 0 Å². The van der Waals surface area contributed by atoms with Gasteiger partial charge in [-0.15, -0.1) is 0 Å². The first-order valence-corrected chi connectivity index (χ1v) is 17.0. The zero-order valence-corrected chi connectivity index (χ0v) is 25.7. The van der Waals surface area contributed by atoms with E-state index < -0.39 is 17.0 Å². The summed E-state index contributed by atoms with van der Waals surface area (Å²) in [6.07, 6.45) is -2.24. The number of halogens is 5. The molecule has 4 fully saturated rings. The first-order valence-electron chi connectivity index (χ1n) is 12.9. The number of phenolic OH excluding ortho intramolecular Hbond substituents is 1. The molecule has 1 aromatic heterocycles. The van der Waals surface area contributed by atoms with Crippen LogP contribution in [0.3, 0.4) is 0 Å². The van der Waals surface area contributed by atoms with Crippen LogP contribution in [0.2, 0.25) is 0 Å². The number of nitrogens with one attached hydrogen (secondary N) is 1. The number of alkyl halides is 5. The van der Waals surface area contributed by atoms with Crippen molar-refractivity contribution >= 4 is 45.5 Å². The van der Waals surface area contributed by atoms with E-state index in [0.29, 0.717) is 38.2 Å². The summed E-state index contributed by atoms with van der Waals surface area (Å²) in [5.41, 5.74) is -0.185. The molecule has 1 aromatic carbocycles. The molecule has 0 atom stereocenters. The van der Waals surface area contributed by atoms with E-state index in [1.165, 1.54) is 21.7 Å². The molecule has 6 rings (SSSR count). The summed E-state index contributed by atoms with van der Waals surface area (Å²) in [6, 6.07) is 3.07. The Labute approximate surface area is 248 Å². The molecule has 0 unspecified atom stereocenters. The number of rotatable bonds is 9. The number of aromatic nitrogens is 1. The van der Waals surface area contributed by atoms with E-state index in [1.807, 2.05) is 0 Å². The van der Waals surface area contributed by atoms with Gasteiger partial charge in [0, 0.05) is 0 Å². The van der Waals surface area contributed by atoms with Crippen molar-refractivity contribution < 1.29 is 53.5 Å². The molecule has 13 heteroatoms. The van der Waals surface area contributed by atoms with Crippen molar-refractivity contribution in [3.8, 4) is 5.75 Å². The zero-order valence-electron chi connectivity index (χ0n) is 21.4. The van der Waals surface area contributed by atoms with E-state index in [2.05, 4.69) is 44.7 Å². The van der Waals surface area contributed by atoms with Gasteiger partial charge in [0.25, 0.3) is 0 Å². The van der Waals surface area contributed by atoms with Crippen molar-refractivity contribution in [1.29, 1.82) is 0 Å². The van der Waals surface area contributed by atoms with E-state index >= 15 is 0 Å². The zero-order chi connectivity index (χ0) is 28.0. The van der Waals surface area contributed by atoms with Gasteiger partial charge in [-0.3, -0.25) is 0 Å². The third-order valence-corrected chi connectivity index (χ3v) is 12.2. The van der Waals surface area contributed by atoms with Crippen molar-refractivity contribution in [2.24, 2.45) is 10.8 Å². The van der Waals surface area contributed by atoms with Gasteiger partial charge in [-0.2, -0.15) is 0 Å². The van der Waals surface area contributed by atoms with E-state index in [9.17, 15) is 27.9 Å². The van der Waals surface area contributed by atoms with Gasteiger partial charge in [0.2, 0.25) is 0 Å². The molecule has 2 amide bonds. The molecule has 1 aliphatic heterocycles. The Morgan fingerprint density at radius 3 is 2.46 bits per heavy atom. The third-order valence-electron chi connectivity index (χ3n) is 8.14. The van der Waals surface area contributed by atoms with Crippen LogP contribution in [0, 0.1) is 10.8 Å². The molecule has 8 nitrogen and oxygen atoms in total. The number of piperazine rings is 1. The maximum atomic E-state index is 13.2. The van der Waals surface area contributed by atoms with Crippen LogP contribution in [0.15, 0.2) is 32.2 Å². The number of fused-ring (bicyclic) bond motifs is 1. The first-order chi connectivity index (χ1) is 18.5. The van der Waals surface area contributed by atoms with Crippen molar-refractivity contribution in [2.45, 2.75) is 38.8 Å². The molecule has 3 saturated carbocycles. The Bertz CT molecular complexity index is 1280. The maximum absolute atomic E-state index is 13.2. The summed E-state index contributed by atoms with van der Waals surface area (Å²) in [5.74, 6) is -0.626. The molecule has 214 valence electrons. The number of hydrogen-bond acceptors (Lipinski definition) is 6. The van der Waals surface area contributed by atoms with Gasteiger partial charge in [-0.05, 0) is 0 Å². The molecule has 0 spiro atoms. The second-order valence-electron chi connectivity index (χ2n) is 10.4. The van der Waals surface area contributed by atoms with Gasteiger partial charge in [0.15, 0.2) is 0 Å². The van der Waals surface area contributed by atoms with Gasteiger partial charge in [0.1, 0.15) is 0 Å². The Hall–Kier alpha value is -1.78. The van der Waals surface area contributed by atoms with Gasteiger partial charge in [-0.25, -0.2) is 0 Å². The fourth-order valence-corrected chi connectivity index (χ4v) is 10.4. The van der Waals surface area contributed by atoms with E-state index in [4.69, 9.17) is 4.42 Å². The van der Waals surface area contributed by atoms with Gasteiger partial charge in [0.05, 0.1) is 0 Å². The van der Waals surface area contributed by atoms with Crippen LogP contribution in [0.4, 0.5) is 13.2 Å². The summed E-state index contributed by atoms with van der Waals surface area (Å²) < 4.78 is 47.7. The molecule has 39 heavy (non-hydrogen) atoms. The number of phenols is 1. The summed E-state index contributed by atoms with van der Waals surface area (Å²) >= 11 is 2.00. The molecule has 3 aliphatic carbocycles. The average molecular weight is 773 g/mol. The Morgan fingerprint density at radius 1 is 1.18 bits per heavy atom. The van der Waals surface area contributed by atoms with Crippen molar-refractivity contribution in [3.05, 3.63) is 33.4 Å². The van der Waals surface area contributed by atoms with E-state index in [-0.39, 0.29) is 69.2 Å². The number of amides is 2. The third kappa shape index (κ3) is 5.10. The Kier molecular flexibility index (Phi) is 8.03. The summed E-state index contributed by atoms with van der Waals surface area (Å²) in [6.45, 7) is 4.98. The fourth-order valence-electron chi connectivity index (χ4n) is 6.01. The number of carbonyl (C=O) groups is 2. The van der Waals surface area contributed by atoms with Crippen LogP contribution >= 0.6 is 22.6 Å². The molecule has 0 radical (unpaired) electrons. The van der Waals surface area contributed by atoms with Crippen LogP contribution in [0.5, 0.6) is 5.75 Å². The average Bonchev–Trinajstić information content (AvgIpc) is 3.32. The van der Waals surface area contributed by atoms with Gasteiger partial charge >= 0.3 is 249 Å². The molecular weight excluding hydrogens is 743 g/mol. The minimum atomic E-state index is -4.21. The molecular formula is C26H30F3I2N4O4-. The molecule has 4 aliphatic rings. The number of carbonyl (C=O) groups excluding carboxylic acids is 2. The molecule has 2 heterocycles. The molecule has 2 bridgehead atoms. The Balaban J connectivity index is 1.13. The molecule has 2 N–H and O–H groups in total. The monoisotopic (exact) mass is 773 g/mol. The fraction of sp³-hybridized carbons (Fsp3) is 0.577. The predicted octanol–water partition coefficient (Wildman–Crippen LogP) is 1.29. The van der Waals surface area contributed by atoms with Crippen LogP contribution in [-0.4, -0.2) is 79.5 Å². The van der Waals surface area contributed by atoms with Crippen LogP contribution < -0.4 is 26.5 Å². The summed E-state index contributed by atoms with van der Waals surface area (Å²) in [7, 11) is 0. The molecule has 1 saturated heterocycles. The Morgan fingerprint density at radius 2 is 1.85 bits per heavy atom. The number of nitrogens with zero attached hydrogens (tertiary/aromatic N) is 3. The van der Waals surface area contributed by atoms with Crippen LogP contribution in [0.1, 0.15) is 43.0 Å². The first kappa shape index (κ1) is 28.7. The predicted molar refractivity (Wildman–Crippen MR) is 142 cm³/mol.